The molecule has 3 aromatic carbocycles. The highest BCUT2D eigenvalue weighted by Gasteiger charge is 2.18. The lowest BCUT2D eigenvalue weighted by Gasteiger charge is -2.23. The van der Waals surface area contributed by atoms with Gasteiger partial charge < -0.3 is 10.1 Å². The van der Waals surface area contributed by atoms with Crippen molar-refractivity contribution in [3.05, 3.63) is 90.0 Å². The smallest absolute Gasteiger partial charge is 0.255 e. The van der Waals surface area contributed by atoms with E-state index in [1.54, 1.807) is 24.3 Å². The molecule has 0 fully saturated rings. The number of rotatable bonds is 4. The van der Waals surface area contributed by atoms with Gasteiger partial charge in [0.2, 0.25) is 0 Å². The summed E-state index contributed by atoms with van der Waals surface area (Å²) in [6, 6.07) is 24.6. The van der Waals surface area contributed by atoms with Crippen LogP contribution in [-0.2, 0) is 5.41 Å². The number of ether oxygens (including phenoxy) is 1. The molecule has 0 aliphatic rings. The van der Waals surface area contributed by atoms with Crippen LogP contribution in [0.15, 0.2) is 78.9 Å². The van der Waals surface area contributed by atoms with Gasteiger partial charge in [-0.05, 0) is 53.4 Å². The van der Waals surface area contributed by atoms with Crippen LogP contribution in [0.3, 0.4) is 0 Å². The molecule has 0 atom stereocenters. The highest BCUT2D eigenvalue weighted by molar-refractivity contribution is 6.04. The summed E-state index contributed by atoms with van der Waals surface area (Å²) >= 11 is 0. The Hall–Kier alpha value is -3.07. The second-order valence-electron chi connectivity index (χ2n) is 7.19. The van der Waals surface area contributed by atoms with Crippen LogP contribution in [-0.4, -0.2) is 5.91 Å². The van der Waals surface area contributed by atoms with Gasteiger partial charge in [0.15, 0.2) is 0 Å². The first-order chi connectivity index (χ1) is 12.4. The van der Waals surface area contributed by atoms with Gasteiger partial charge in [0, 0.05) is 11.3 Å². The van der Waals surface area contributed by atoms with Crippen molar-refractivity contribution in [1.82, 2.24) is 0 Å². The van der Waals surface area contributed by atoms with Gasteiger partial charge in [0.05, 0.1) is 0 Å². The second-order valence-corrected chi connectivity index (χ2v) is 7.19. The van der Waals surface area contributed by atoms with Crippen LogP contribution in [0.4, 0.5) is 5.69 Å². The minimum atomic E-state index is -0.132. The van der Waals surface area contributed by atoms with Gasteiger partial charge in [-0.25, -0.2) is 0 Å². The molecule has 3 aromatic rings. The van der Waals surface area contributed by atoms with Crippen LogP contribution >= 0.6 is 0 Å². The van der Waals surface area contributed by atoms with Gasteiger partial charge >= 0.3 is 0 Å². The van der Waals surface area contributed by atoms with Crippen molar-refractivity contribution in [2.24, 2.45) is 0 Å². The zero-order valence-corrected chi connectivity index (χ0v) is 15.3. The molecule has 0 aliphatic heterocycles. The van der Waals surface area contributed by atoms with E-state index >= 15 is 0 Å². The van der Waals surface area contributed by atoms with Gasteiger partial charge in [-0.2, -0.15) is 0 Å². The van der Waals surface area contributed by atoms with Crippen molar-refractivity contribution in [3.63, 3.8) is 0 Å². The molecule has 3 rings (SSSR count). The van der Waals surface area contributed by atoms with Crippen LogP contribution in [0, 0.1) is 0 Å². The van der Waals surface area contributed by atoms with Crippen molar-refractivity contribution < 1.29 is 9.53 Å². The maximum absolute atomic E-state index is 12.6. The summed E-state index contributed by atoms with van der Waals surface area (Å²) in [6.45, 7) is 6.40. The quantitative estimate of drug-likeness (QED) is 0.627. The van der Waals surface area contributed by atoms with E-state index in [1.807, 2.05) is 54.6 Å². The van der Waals surface area contributed by atoms with Gasteiger partial charge in [-0.3, -0.25) is 4.79 Å². The molecule has 0 aliphatic carbocycles. The summed E-state index contributed by atoms with van der Waals surface area (Å²) < 4.78 is 5.76. The predicted octanol–water partition coefficient (Wildman–Crippen LogP) is 6.03. The molecule has 26 heavy (non-hydrogen) atoms. The lowest BCUT2D eigenvalue weighted by atomic mass is 9.86. The van der Waals surface area contributed by atoms with Crippen molar-refractivity contribution in [2.45, 2.75) is 26.2 Å². The van der Waals surface area contributed by atoms with Crippen molar-refractivity contribution in [3.8, 4) is 11.5 Å². The normalized spacial score (nSPS) is 11.0. The van der Waals surface area contributed by atoms with Gasteiger partial charge in [0.25, 0.3) is 5.91 Å². The molecule has 3 heteroatoms. The number of carbonyl (C=O) groups is 1. The Kier molecular flexibility index (Phi) is 5.08. The summed E-state index contributed by atoms with van der Waals surface area (Å²) in [5.41, 5.74) is 2.50. The van der Waals surface area contributed by atoms with E-state index in [0.717, 1.165) is 17.0 Å². The number of para-hydroxylation sites is 2. The van der Waals surface area contributed by atoms with Crippen LogP contribution in [0.1, 0.15) is 36.7 Å². The summed E-state index contributed by atoms with van der Waals surface area (Å²) in [6.07, 6.45) is 0. The van der Waals surface area contributed by atoms with E-state index < -0.39 is 0 Å². The Labute approximate surface area is 154 Å². The third-order valence-corrected chi connectivity index (χ3v) is 4.08. The zero-order valence-electron chi connectivity index (χ0n) is 15.3. The van der Waals surface area contributed by atoms with Gasteiger partial charge in [0.1, 0.15) is 11.5 Å². The number of carbonyl (C=O) groups excluding carboxylic acids is 1. The van der Waals surface area contributed by atoms with Crippen LogP contribution < -0.4 is 10.1 Å². The topological polar surface area (TPSA) is 38.3 Å². The van der Waals surface area contributed by atoms with E-state index in [4.69, 9.17) is 4.74 Å². The maximum atomic E-state index is 12.6. The molecule has 0 heterocycles. The largest absolute Gasteiger partial charge is 0.457 e. The molecule has 1 N–H and O–H groups in total. The minimum Gasteiger partial charge on any atom is -0.457 e. The molecule has 0 spiro atoms. The van der Waals surface area contributed by atoms with E-state index in [1.165, 1.54) is 0 Å². The van der Waals surface area contributed by atoms with E-state index in [0.29, 0.717) is 11.3 Å². The van der Waals surface area contributed by atoms with Gasteiger partial charge in [-0.1, -0.05) is 57.2 Å². The molecule has 0 bridgehead atoms. The number of anilines is 1. The number of hydrogen-bond acceptors (Lipinski definition) is 2. The summed E-state index contributed by atoms with van der Waals surface area (Å²) in [7, 11) is 0. The first-order valence-corrected chi connectivity index (χ1v) is 8.67. The standard InChI is InChI=1S/C23H23NO2/c1-23(2,3)20-11-7-8-12-21(20)24-22(25)17-13-15-19(16-14-17)26-18-9-5-4-6-10-18/h4-16H,1-3H3,(H,24,25). The number of hydrogen-bond donors (Lipinski definition) is 1. The van der Waals surface area contributed by atoms with Crippen molar-refractivity contribution in [2.75, 3.05) is 5.32 Å². The Morgan fingerprint density at radius 1 is 0.769 bits per heavy atom. The first-order valence-electron chi connectivity index (χ1n) is 8.67. The lowest BCUT2D eigenvalue weighted by molar-refractivity contribution is 0.102. The second kappa shape index (κ2) is 7.44. The van der Waals surface area contributed by atoms with Crippen LogP contribution in [0.25, 0.3) is 0 Å². The SMILES string of the molecule is CC(C)(C)c1ccccc1NC(=O)c1ccc(Oc2ccccc2)cc1. The van der Waals surface area contributed by atoms with E-state index in [9.17, 15) is 4.79 Å². The molecule has 0 aromatic heterocycles. The number of nitrogens with one attached hydrogen (secondary N) is 1. The first kappa shape index (κ1) is 17.7. The zero-order chi connectivity index (χ0) is 18.6. The summed E-state index contributed by atoms with van der Waals surface area (Å²) in [5, 5.41) is 3.02. The highest BCUT2D eigenvalue weighted by Crippen LogP contribution is 2.29. The molecular weight excluding hydrogens is 322 g/mol. The highest BCUT2D eigenvalue weighted by atomic mass is 16.5. The Morgan fingerprint density at radius 2 is 1.35 bits per heavy atom. The third kappa shape index (κ3) is 4.31. The van der Waals surface area contributed by atoms with Crippen LogP contribution in [0.5, 0.6) is 11.5 Å². The number of amides is 1. The maximum Gasteiger partial charge on any atom is 0.255 e. The molecule has 3 nitrogen and oxygen atoms in total. The van der Waals surface area contributed by atoms with Crippen LogP contribution in [0.2, 0.25) is 0 Å². The van der Waals surface area contributed by atoms with Crippen molar-refractivity contribution in [1.29, 1.82) is 0 Å². The fourth-order valence-corrected chi connectivity index (χ4v) is 2.74. The van der Waals surface area contributed by atoms with E-state index in [2.05, 4.69) is 26.1 Å². The molecule has 1 amide bonds. The average molecular weight is 345 g/mol. The molecular formula is C23H23NO2. The Balaban J connectivity index is 1.73. The summed E-state index contributed by atoms with van der Waals surface area (Å²) in [5.74, 6) is 1.33. The molecule has 0 radical (unpaired) electrons. The lowest BCUT2D eigenvalue weighted by Crippen LogP contribution is -2.18. The fraction of sp³-hybridized carbons (Fsp3) is 0.174. The average Bonchev–Trinajstić information content (AvgIpc) is 2.63. The molecule has 0 saturated carbocycles. The fourth-order valence-electron chi connectivity index (χ4n) is 2.74. The van der Waals surface area contributed by atoms with E-state index in [-0.39, 0.29) is 11.3 Å². The molecule has 0 saturated heterocycles. The molecule has 132 valence electrons. The minimum absolute atomic E-state index is 0.0444. The van der Waals surface area contributed by atoms with Gasteiger partial charge in [-0.15, -0.1) is 0 Å². The Morgan fingerprint density at radius 3 is 2.00 bits per heavy atom. The Bertz CT molecular complexity index is 878. The molecule has 0 unspecified atom stereocenters. The number of benzene rings is 3. The predicted molar refractivity (Wildman–Crippen MR) is 106 cm³/mol. The summed E-state index contributed by atoms with van der Waals surface area (Å²) in [4.78, 5) is 12.6. The van der Waals surface area contributed by atoms with Crippen molar-refractivity contribution >= 4 is 11.6 Å². The third-order valence-electron chi connectivity index (χ3n) is 4.08. The monoisotopic (exact) mass is 345 g/mol.